The van der Waals surface area contributed by atoms with Gasteiger partial charge in [-0.2, -0.15) is 0 Å². The summed E-state index contributed by atoms with van der Waals surface area (Å²) in [6, 6.07) is 8.46. The summed E-state index contributed by atoms with van der Waals surface area (Å²) in [5, 5.41) is 29.6. The van der Waals surface area contributed by atoms with E-state index in [2.05, 4.69) is 13.3 Å². The van der Waals surface area contributed by atoms with E-state index in [1.807, 2.05) is 0 Å². The maximum Gasteiger partial charge on any atom is 3.00 e. The molecule has 25 heavy (non-hydrogen) atoms. The molecule has 0 aromatic carbocycles. The van der Waals surface area contributed by atoms with Crippen molar-refractivity contribution in [1.29, 1.82) is 0 Å². The Morgan fingerprint density at radius 2 is 0.840 bits per heavy atom. The van der Waals surface area contributed by atoms with Crippen LogP contribution in [0.3, 0.4) is 0 Å². The molecule has 3 aromatic rings. The van der Waals surface area contributed by atoms with Crippen molar-refractivity contribution in [3.05, 3.63) is 72.5 Å². The molecule has 3 heterocycles. The summed E-state index contributed by atoms with van der Waals surface area (Å²) in [7, 11) is 0. The van der Waals surface area contributed by atoms with Crippen LogP contribution < -0.4 is 15.3 Å². The summed E-state index contributed by atoms with van der Waals surface area (Å²) in [4.78, 5) is 29.6. The smallest absolute Gasteiger partial charge is 0.542 e. The van der Waals surface area contributed by atoms with Crippen molar-refractivity contribution in [1.82, 2.24) is 0 Å². The average Bonchev–Trinajstić information content (AvgIpc) is 3.29. The quantitative estimate of drug-likeness (QED) is 0.552. The Morgan fingerprint density at radius 3 is 0.920 bits per heavy atom. The van der Waals surface area contributed by atoms with Gasteiger partial charge in [-0.3, -0.25) is 0 Å². The molecule has 0 unspecified atom stereocenters. The second-order valence-electron chi connectivity index (χ2n) is 3.79. The number of aromatic carboxylic acids is 3. The minimum Gasteiger partial charge on any atom is -0.542 e. The van der Waals surface area contributed by atoms with Crippen LogP contribution in [0.25, 0.3) is 0 Å². The van der Waals surface area contributed by atoms with Crippen LogP contribution in [-0.4, -0.2) is 17.9 Å². The molecule has 0 spiro atoms. The summed E-state index contributed by atoms with van der Waals surface area (Å²) in [5.74, 6) is -4.25. The van der Waals surface area contributed by atoms with Gasteiger partial charge in [-0.05, 0) is 36.4 Å². The fraction of sp³-hybridized carbons (Fsp3) is 0. The second kappa shape index (κ2) is 11.6. The molecule has 0 bridgehead atoms. The third kappa shape index (κ3) is 8.51. The fourth-order valence-electron chi connectivity index (χ4n) is 1.18. The molecule has 0 aliphatic carbocycles. The SMILES string of the molecule is O=C([O-])c1ccco1.O=C([O-])c1ccco1.O=C([O-])c1ccco1.[Sc+3]. The van der Waals surface area contributed by atoms with Crippen LogP contribution >= 0.6 is 0 Å². The number of furan rings is 3. The monoisotopic (exact) mass is 378 g/mol. The molecule has 0 aliphatic heterocycles. The van der Waals surface area contributed by atoms with E-state index in [-0.39, 0.29) is 43.1 Å². The van der Waals surface area contributed by atoms with Gasteiger partial charge in [-0.15, -0.1) is 0 Å². The van der Waals surface area contributed by atoms with Gasteiger partial charge in [0.05, 0.1) is 18.8 Å². The molecule has 0 N–H and O–H groups in total. The number of hydrogen-bond donors (Lipinski definition) is 0. The number of carbonyl (C=O) groups excluding carboxylic acids is 3. The molecule has 0 amide bonds. The Hall–Kier alpha value is -2.88. The minimum absolute atomic E-state index is 0. The van der Waals surface area contributed by atoms with Crippen molar-refractivity contribution >= 4 is 17.9 Å². The van der Waals surface area contributed by atoms with E-state index < -0.39 is 17.9 Å². The van der Waals surface area contributed by atoms with Crippen LogP contribution in [0.4, 0.5) is 0 Å². The number of carboxylic acid groups (broad SMARTS) is 3. The van der Waals surface area contributed by atoms with E-state index in [9.17, 15) is 29.7 Å². The number of carbonyl (C=O) groups is 3. The van der Waals surface area contributed by atoms with E-state index in [1.54, 1.807) is 0 Å². The maximum atomic E-state index is 9.86. The van der Waals surface area contributed by atoms with Gasteiger partial charge >= 0.3 is 25.8 Å². The van der Waals surface area contributed by atoms with Gasteiger partial charge in [-0.25, -0.2) is 0 Å². The summed E-state index contributed by atoms with van der Waals surface area (Å²) < 4.78 is 13.3. The van der Waals surface area contributed by atoms with Crippen molar-refractivity contribution in [2.75, 3.05) is 0 Å². The Labute approximate surface area is 159 Å². The molecule has 0 saturated carbocycles. The Kier molecular flexibility index (Phi) is 10.3. The molecule has 3 aromatic heterocycles. The molecular weight excluding hydrogens is 369 g/mol. The Bertz CT molecular complexity index is 638. The third-order valence-corrected chi connectivity index (χ3v) is 2.17. The van der Waals surface area contributed by atoms with Crippen LogP contribution in [0.2, 0.25) is 0 Å². The van der Waals surface area contributed by atoms with Gasteiger partial charge in [0.1, 0.15) is 35.2 Å². The minimum atomic E-state index is -1.28. The normalized spacial score (nSPS) is 8.64. The predicted octanol–water partition coefficient (Wildman–Crippen LogP) is -1.07. The molecule has 0 fully saturated rings. The predicted molar refractivity (Wildman–Crippen MR) is 69.1 cm³/mol. The molecular formula is C15H9O9Sc. The zero-order valence-corrected chi connectivity index (χ0v) is 14.3. The third-order valence-electron chi connectivity index (χ3n) is 2.17. The first kappa shape index (κ1) is 22.1. The summed E-state index contributed by atoms with van der Waals surface area (Å²) >= 11 is 0. The number of rotatable bonds is 3. The van der Waals surface area contributed by atoms with Crippen molar-refractivity contribution < 1.29 is 68.8 Å². The van der Waals surface area contributed by atoms with Gasteiger partial charge in [0.25, 0.3) is 0 Å². The maximum absolute atomic E-state index is 9.86. The summed E-state index contributed by atoms with van der Waals surface area (Å²) in [5.41, 5.74) is 0. The molecule has 0 saturated heterocycles. The summed E-state index contributed by atoms with van der Waals surface area (Å²) in [6.45, 7) is 0. The number of carboxylic acids is 3. The molecule has 0 atom stereocenters. The number of hydrogen-bond acceptors (Lipinski definition) is 9. The first-order valence-corrected chi connectivity index (χ1v) is 6.16. The van der Waals surface area contributed by atoms with E-state index in [0.29, 0.717) is 0 Å². The molecule has 9 nitrogen and oxygen atoms in total. The first-order valence-electron chi connectivity index (χ1n) is 6.16. The average molecular weight is 378 g/mol. The van der Waals surface area contributed by atoms with Crippen molar-refractivity contribution in [2.24, 2.45) is 0 Å². The van der Waals surface area contributed by atoms with E-state index in [0.717, 1.165) is 0 Å². The second-order valence-corrected chi connectivity index (χ2v) is 3.79. The van der Waals surface area contributed by atoms with E-state index in [4.69, 9.17) is 0 Å². The van der Waals surface area contributed by atoms with Crippen LogP contribution in [0.1, 0.15) is 31.7 Å². The van der Waals surface area contributed by atoms with Gasteiger partial charge in [-0.1, -0.05) is 0 Å². The standard InChI is InChI=1S/3C5H4O3.Sc/c3*6-5(7)4-2-1-3-8-4;/h3*1-3H,(H,6,7);/q;;;+3/p-3. The first-order chi connectivity index (χ1) is 11.4. The summed E-state index contributed by atoms with van der Waals surface area (Å²) in [6.07, 6.45) is 3.85. The van der Waals surface area contributed by atoms with Gasteiger partial charge in [0, 0.05) is 0 Å². The molecule has 126 valence electrons. The largest absolute Gasteiger partial charge is 3.00 e. The molecule has 0 aliphatic rings. The van der Waals surface area contributed by atoms with Crippen LogP contribution in [-0.2, 0) is 25.8 Å². The van der Waals surface area contributed by atoms with Crippen molar-refractivity contribution in [2.45, 2.75) is 0 Å². The molecule has 10 heteroatoms. The van der Waals surface area contributed by atoms with Gasteiger partial charge < -0.3 is 43.0 Å². The zero-order chi connectivity index (χ0) is 17.9. The zero-order valence-electron chi connectivity index (χ0n) is 12.4. The van der Waals surface area contributed by atoms with Gasteiger partial charge in [0.2, 0.25) is 0 Å². The van der Waals surface area contributed by atoms with E-state index in [1.165, 1.54) is 55.2 Å². The molecule has 0 radical (unpaired) electrons. The van der Waals surface area contributed by atoms with Crippen molar-refractivity contribution in [3.8, 4) is 0 Å². The molecule has 3 rings (SSSR count). The topological polar surface area (TPSA) is 160 Å². The van der Waals surface area contributed by atoms with Crippen molar-refractivity contribution in [3.63, 3.8) is 0 Å². The van der Waals surface area contributed by atoms with Crippen LogP contribution in [0, 0.1) is 0 Å². The fourth-order valence-corrected chi connectivity index (χ4v) is 1.18. The Balaban J connectivity index is 0.000000339. The van der Waals surface area contributed by atoms with Crippen LogP contribution in [0.5, 0.6) is 0 Å². The van der Waals surface area contributed by atoms with E-state index >= 15 is 0 Å². The van der Waals surface area contributed by atoms with Gasteiger partial charge in [0.15, 0.2) is 0 Å². The Morgan fingerprint density at radius 1 is 0.600 bits per heavy atom. The van der Waals surface area contributed by atoms with Crippen LogP contribution in [0.15, 0.2) is 68.4 Å².